The number of nitrogens with one attached hydrogen (secondary N) is 1. The minimum atomic E-state index is -0.915. The molecule has 4 nitrogen and oxygen atoms in total. The third-order valence-electron chi connectivity index (χ3n) is 3.04. The molecule has 1 aromatic carbocycles. The number of benzene rings is 1. The van der Waals surface area contributed by atoms with Gasteiger partial charge in [0.1, 0.15) is 12.4 Å². The van der Waals surface area contributed by atoms with Crippen molar-refractivity contribution in [1.29, 1.82) is 0 Å². The Balaban J connectivity index is 1.61. The molecular weight excluding hydrogens is 262 g/mol. The van der Waals surface area contributed by atoms with Gasteiger partial charge in [-0.3, -0.25) is 0 Å². The van der Waals surface area contributed by atoms with Gasteiger partial charge in [-0.05, 0) is 42.9 Å². The SMILES string of the molecule is O=C(O)c1ccc(OCCNCC2CCCS2)cc1. The topological polar surface area (TPSA) is 58.6 Å². The van der Waals surface area contributed by atoms with Gasteiger partial charge >= 0.3 is 5.97 Å². The first-order chi connectivity index (χ1) is 9.25. The van der Waals surface area contributed by atoms with Crippen LogP contribution in [0.1, 0.15) is 23.2 Å². The number of carbonyl (C=O) groups is 1. The minimum absolute atomic E-state index is 0.281. The smallest absolute Gasteiger partial charge is 0.335 e. The van der Waals surface area contributed by atoms with Crippen molar-refractivity contribution in [1.82, 2.24) is 5.32 Å². The van der Waals surface area contributed by atoms with Gasteiger partial charge in [0.05, 0.1) is 5.56 Å². The summed E-state index contributed by atoms with van der Waals surface area (Å²) >= 11 is 2.04. The van der Waals surface area contributed by atoms with Crippen molar-refractivity contribution in [2.75, 3.05) is 25.4 Å². The van der Waals surface area contributed by atoms with E-state index in [9.17, 15) is 4.79 Å². The molecule has 1 heterocycles. The van der Waals surface area contributed by atoms with Crippen LogP contribution in [0.15, 0.2) is 24.3 Å². The van der Waals surface area contributed by atoms with Crippen LogP contribution >= 0.6 is 11.8 Å². The number of thioether (sulfide) groups is 1. The Morgan fingerprint density at radius 1 is 1.42 bits per heavy atom. The normalized spacial score (nSPS) is 18.4. The van der Waals surface area contributed by atoms with E-state index >= 15 is 0 Å². The van der Waals surface area contributed by atoms with Gasteiger partial charge in [-0.2, -0.15) is 11.8 Å². The first-order valence-electron chi connectivity index (χ1n) is 6.54. The molecule has 0 aliphatic carbocycles. The van der Waals surface area contributed by atoms with Crippen LogP contribution in [0.25, 0.3) is 0 Å². The zero-order valence-electron chi connectivity index (χ0n) is 10.8. The van der Waals surface area contributed by atoms with Gasteiger partial charge in [0.15, 0.2) is 0 Å². The molecule has 1 unspecified atom stereocenters. The lowest BCUT2D eigenvalue weighted by Gasteiger charge is -2.11. The van der Waals surface area contributed by atoms with Crippen LogP contribution in [0.4, 0.5) is 0 Å². The van der Waals surface area contributed by atoms with E-state index in [2.05, 4.69) is 5.32 Å². The fourth-order valence-corrected chi connectivity index (χ4v) is 3.24. The Labute approximate surface area is 117 Å². The monoisotopic (exact) mass is 281 g/mol. The van der Waals surface area contributed by atoms with Crippen molar-refractivity contribution in [2.24, 2.45) is 0 Å². The van der Waals surface area contributed by atoms with Crippen LogP contribution in [-0.4, -0.2) is 41.8 Å². The molecule has 0 aromatic heterocycles. The van der Waals surface area contributed by atoms with Gasteiger partial charge in [-0.1, -0.05) is 0 Å². The maximum atomic E-state index is 10.7. The third kappa shape index (κ3) is 4.76. The van der Waals surface area contributed by atoms with Gasteiger partial charge in [0.25, 0.3) is 0 Å². The number of aromatic carboxylic acids is 1. The molecule has 2 rings (SSSR count). The molecule has 1 aliphatic heterocycles. The predicted octanol–water partition coefficient (Wildman–Crippen LogP) is 2.25. The summed E-state index contributed by atoms with van der Waals surface area (Å²) in [6.45, 7) is 2.47. The van der Waals surface area contributed by atoms with E-state index in [0.29, 0.717) is 12.4 Å². The number of rotatable bonds is 7. The van der Waals surface area contributed by atoms with Crippen molar-refractivity contribution in [3.63, 3.8) is 0 Å². The Hall–Kier alpha value is -1.20. The molecule has 1 fully saturated rings. The number of carboxylic acid groups (broad SMARTS) is 1. The highest BCUT2D eigenvalue weighted by Gasteiger charge is 2.14. The Morgan fingerprint density at radius 3 is 2.84 bits per heavy atom. The van der Waals surface area contributed by atoms with Crippen LogP contribution in [0.2, 0.25) is 0 Å². The molecule has 2 N–H and O–H groups in total. The number of ether oxygens (including phenoxy) is 1. The molecular formula is C14H19NO3S. The summed E-state index contributed by atoms with van der Waals surface area (Å²) in [5.41, 5.74) is 0.281. The maximum absolute atomic E-state index is 10.7. The Bertz CT molecular complexity index is 402. The molecule has 0 bridgehead atoms. The largest absolute Gasteiger partial charge is 0.492 e. The van der Waals surface area contributed by atoms with E-state index in [-0.39, 0.29) is 5.56 Å². The molecule has 1 aromatic rings. The third-order valence-corrected chi connectivity index (χ3v) is 4.44. The lowest BCUT2D eigenvalue weighted by molar-refractivity contribution is 0.0697. The maximum Gasteiger partial charge on any atom is 0.335 e. The zero-order valence-corrected chi connectivity index (χ0v) is 11.6. The van der Waals surface area contributed by atoms with Gasteiger partial charge in [-0.15, -0.1) is 0 Å². The van der Waals surface area contributed by atoms with Crippen molar-refractivity contribution in [3.8, 4) is 5.75 Å². The highest BCUT2D eigenvalue weighted by molar-refractivity contribution is 8.00. The van der Waals surface area contributed by atoms with E-state index in [1.165, 1.54) is 18.6 Å². The second-order valence-corrected chi connectivity index (χ2v) is 5.93. The van der Waals surface area contributed by atoms with Crippen molar-refractivity contribution in [3.05, 3.63) is 29.8 Å². The quantitative estimate of drug-likeness (QED) is 0.751. The predicted molar refractivity (Wildman–Crippen MR) is 77.2 cm³/mol. The highest BCUT2D eigenvalue weighted by Crippen LogP contribution is 2.25. The Kier molecular flexibility index (Phi) is 5.54. The molecule has 5 heteroatoms. The molecule has 0 spiro atoms. The molecule has 0 amide bonds. The summed E-state index contributed by atoms with van der Waals surface area (Å²) in [5.74, 6) is 1.09. The fraction of sp³-hybridized carbons (Fsp3) is 0.500. The average Bonchev–Trinajstić information content (AvgIpc) is 2.92. The zero-order chi connectivity index (χ0) is 13.5. The van der Waals surface area contributed by atoms with E-state index in [1.807, 2.05) is 11.8 Å². The average molecular weight is 281 g/mol. The van der Waals surface area contributed by atoms with Crippen molar-refractivity contribution >= 4 is 17.7 Å². The molecule has 0 radical (unpaired) electrons. The van der Waals surface area contributed by atoms with Crippen molar-refractivity contribution in [2.45, 2.75) is 18.1 Å². The summed E-state index contributed by atoms with van der Waals surface area (Å²) in [4.78, 5) is 10.7. The van der Waals surface area contributed by atoms with Gasteiger partial charge in [0.2, 0.25) is 0 Å². The molecule has 19 heavy (non-hydrogen) atoms. The standard InChI is InChI=1S/C14H19NO3S/c16-14(17)11-3-5-12(6-4-11)18-8-7-15-10-13-2-1-9-19-13/h3-6,13,15H,1-2,7-10H2,(H,16,17). The second-order valence-electron chi connectivity index (χ2n) is 4.52. The van der Waals surface area contributed by atoms with Gasteiger partial charge in [0, 0.05) is 18.3 Å². The van der Waals surface area contributed by atoms with E-state index < -0.39 is 5.97 Å². The van der Waals surface area contributed by atoms with E-state index in [0.717, 1.165) is 18.3 Å². The van der Waals surface area contributed by atoms with Crippen LogP contribution in [0.3, 0.4) is 0 Å². The fourth-order valence-electron chi connectivity index (χ4n) is 2.00. The van der Waals surface area contributed by atoms with Gasteiger partial charge < -0.3 is 15.2 Å². The molecule has 1 atom stereocenters. The number of hydrogen-bond acceptors (Lipinski definition) is 4. The first-order valence-corrected chi connectivity index (χ1v) is 7.59. The molecule has 104 valence electrons. The highest BCUT2D eigenvalue weighted by atomic mass is 32.2. The summed E-state index contributed by atoms with van der Waals surface area (Å²) in [6.07, 6.45) is 2.65. The second kappa shape index (κ2) is 7.40. The summed E-state index contributed by atoms with van der Waals surface area (Å²) in [6, 6.07) is 6.49. The lowest BCUT2D eigenvalue weighted by Crippen LogP contribution is -2.27. The van der Waals surface area contributed by atoms with Crippen LogP contribution in [-0.2, 0) is 0 Å². The summed E-state index contributed by atoms with van der Waals surface area (Å²) in [5, 5.41) is 12.9. The summed E-state index contributed by atoms with van der Waals surface area (Å²) in [7, 11) is 0. The number of carboxylic acids is 1. The van der Waals surface area contributed by atoms with Gasteiger partial charge in [-0.25, -0.2) is 4.79 Å². The first kappa shape index (κ1) is 14.2. The minimum Gasteiger partial charge on any atom is -0.492 e. The Morgan fingerprint density at radius 2 is 2.21 bits per heavy atom. The number of hydrogen-bond donors (Lipinski definition) is 2. The van der Waals surface area contributed by atoms with Crippen molar-refractivity contribution < 1.29 is 14.6 Å². The summed E-state index contributed by atoms with van der Waals surface area (Å²) < 4.78 is 5.54. The lowest BCUT2D eigenvalue weighted by atomic mass is 10.2. The van der Waals surface area contributed by atoms with Crippen LogP contribution in [0.5, 0.6) is 5.75 Å². The van der Waals surface area contributed by atoms with E-state index in [4.69, 9.17) is 9.84 Å². The van der Waals surface area contributed by atoms with Crippen LogP contribution in [0, 0.1) is 0 Å². The molecule has 1 aliphatic rings. The molecule has 1 saturated heterocycles. The van der Waals surface area contributed by atoms with Crippen LogP contribution < -0.4 is 10.1 Å². The van der Waals surface area contributed by atoms with E-state index in [1.54, 1.807) is 24.3 Å². The molecule has 0 saturated carbocycles.